The van der Waals surface area contributed by atoms with E-state index in [-0.39, 0.29) is 5.92 Å². The van der Waals surface area contributed by atoms with Crippen molar-refractivity contribution >= 4 is 0 Å². The number of methoxy groups -OCH3 is 2. The SMILES string of the molecule is COc1ccc2c(c1)CC1C2Cc2ccc(OC)cc2C1c1cccc(O)c1. The van der Waals surface area contributed by atoms with Gasteiger partial charge in [-0.3, -0.25) is 0 Å². The van der Waals surface area contributed by atoms with Gasteiger partial charge in [-0.2, -0.15) is 0 Å². The van der Waals surface area contributed by atoms with Gasteiger partial charge in [0.2, 0.25) is 0 Å². The minimum atomic E-state index is 0.231. The van der Waals surface area contributed by atoms with Gasteiger partial charge < -0.3 is 14.6 Å². The third-order valence-electron chi connectivity index (χ3n) is 6.51. The molecule has 2 aliphatic rings. The maximum atomic E-state index is 10.1. The lowest BCUT2D eigenvalue weighted by molar-refractivity contribution is 0.375. The fourth-order valence-electron chi connectivity index (χ4n) is 5.27. The average molecular weight is 372 g/mol. The van der Waals surface area contributed by atoms with E-state index in [0.717, 1.165) is 24.3 Å². The second kappa shape index (κ2) is 6.59. The van der Waals surface area contributed by atoms with Crippen LogP contribution in [0.15, 0.2) is 60.7 Å². The molecule has 0 aromatic heterocycles. The number of hydrogen-bond donors (Lipinski definition) is 1. The first-order valence-corrected chi connectivity index (χ1v) is 9.80. The molecule has 0 bridgehead atoms. The number of hydrogen-bond acceptors (Lipinski definition) is 3. The van der Waals surface area contributed by atoms with Gasteiger partial charge in [0, 0.05) is 5.92 Å². The number of phenolic OH excluding ortho intramolecular Hbond substituents is 1. The fraction of sp³-hybridized carbons (Fsp3) is 0.280. The van der Waals surface area contributed by atoms with Gasteiger partial charge in [0.25, 0.3) is 0 Å². The average Bonchev–Trinajstić information content (AvgIpc) is 3.08. The Labute approximate surface area is 165 Å². The molecule has 28 heavy (non-hydrogen) atoms. The van der Waals surface area contributed by atoms with Crippen LogP contribution >= 0.6 is 0 Å². The van der Waals surface area contributed by atoms with E-state index in [2.05, 4.69) is 42.5 Å². The van der Waals surface area contributed by atoms with Gasteiger partial charge in [0.15, 0.2) is 0 Å². The molecule has 0 saturated carbocycles. The van der Waals surface area contributed by atoms with Crippen LogP contribution in [0.1, 0.15) is 39.7 Å². The summed E-state index contributed by atoms with van der Waals surface area (Å²) < 4.78 is 11.0. The van der Waals surface area contributed by atoms with Crippen LogP contribution in [-0.2, 0) is 12.8 Å². The zero-order chi connectivity index (χ0) is 19.3. The molecule has 3 aromatic carbocycles. The van der Waals surface area contributed by atoms with E-state index in [1.807, 2.05) is 12.1 Å². The summed E-state index contributed by atoms with van der Waals surface area (Å²) in [7, 11) is 3.44. The van der Waals surface area contributed by atoms with Crippen molar-refractivity contribution in [3.63, 3.8) is 0 Å². The van der Waals surface area contributed by atoms with E-state index < -0.39 is 0 Å². The summed E-state index contributed by atoms with van der Waals surface area (Å²) in [5.74, 6) is 3.30. The monoisotopic (exact) mass is 372 g/mol. The first kappa shape index (κ1) is 17.2. The van der Waals surface area contributed by atoms with Gasteiger partial charge in [0.1, 0.15) is 17.2 Å². The molecule has 3 nitrogen and oxygen atoms in total. The Morgan fingerprint density at radius 2 is 1.57 bits per heavy atom. The second-order valence-electron chi connectivity index (χ2n) is 7.88. The quantitative estimate of drug-likeness (QED) is 0.699. The van der Waals surface area contributed by atoms with Crippen LogP contribution in [0.3, 0.4) is 0 Å². The molecule has 1 N–H and O–H groups in total. The van der Waals surface area contributed by atoms with Gasteiger partial charge in [0.05, 0.1) is 14.2 Å². The standard InChI is InChI=1S/C25H24O3/c1-27-19-8-9-21-17(11-19)13-24-23(21)12-15-6-7-20(28-2)14-22(15)25(24)16-4-3-5-18(26)10-16/h3-11,14,23-26H,12-13H2,1-2H3. The predicted octanol–water partition coefficient (Wildman–Crippen LogP) is 5.05. The van der Waals surface area contributed by atoms with Crippen LogP contribution < -0.4 is 9.47 Å². The minimum absolute atomic E-state index is 0.231. The normalized spacial score (nSPS) is 22.1. The number of aromatic hydroxyl groups is 1. The highest BCUT2D eigenvalue weighted by Gasteiger charge is 2.43. The highest BCUT2D eigenvalue weighted by molar-refractivity contribution is 5.52. The highest BCUT2D eigenvalue weighted by atomic mass is 16.5. The third kappa shape index (κ3) is 2.65. The molecule has 2 aliphatic carbocycles. The molecule has 0 amide bonds. The smallest absolute Gasteiger partial charge is 0.119 e. The molecule has 0 aliphatic heterocycles. The topological polar surface area (TPSA) is 38.7 Å². The third-order valence-corrected chi connectivity index (χ3v) is 6.51. The Bertz CT molecular complexity index is 1040. The maximum Gasteiger partial charge on any atom is 0.119 e. The van der Waals surface area contributed by atoms with Crippen LogP contribution in [0.25, 0.3) is 0 Å². The Morgan fingerprint density at radius 1 is 0.786 bits per heavy atom. The number of rotatable bonds is 3. The molecule has 3 atom stereocenters. The zero-order valence-corrected chi connectivity index (χ0v) is 16.2. The lowest BCUT2D eigenvalue weighted by Gasteiger charge is -2.37. The van der Waals surface area contributed by atoms with Gasteiger partial charge in [-0.25, -0.2) is 0 Å². The summed E-state index contributed by atoms with van der Waals surface area (Å²) in [6.07, 6.45) is 2.06. The van der Waals surface area contributed by atoms with E-state index in [1.165, 1.54) is 27.8 Å². The summed E-state index contributed by atoms with van der Waals surface area (Å²) in [5, 5.41) is 10.1. The highest BCUT2D eigenvalue weighted by Crippen LogP contribution is 2.54. The Morgan fingerprint density at radius 3 is 2.36 bits per heavy atom. The van der Waals surface area contributed by atoms with E-state index >= 15 is 0 Å². The van der Waals surface area contributed by atoms with Crippen molar-refractivity contribution in [1.29, 1.82) is 0 Å². The van der Waals surface area contributed by atoms with Crippen molar-refractivity contribution in [2.45, 2.75) is 24.7 Å². The van der Waals surface area contributed by atoms with Crippen LogP contribution in [-0.4, -0.2) is 19.3 Å². The van der Waals surface area contributed by atoms with E-state index in [0.29, 0.717) is 17.6 Å². The number of benzene rings is 3. The summed E-state index contributed by atoms with van der Waals surface area (Å²) in [5.41, 5.74) is 6.70. The van der Waals surface area contributed by atoms with Gasteiger partial charge in [-0.05, 0) is 88.9 Å². The summed E-state index contributed by atoms with van der Waals surface area (Å²) in [6, 6.07) is 20.7. The minimum Gasteiger partial charge on any atom is -0.508 e. The Kier molecular flexibility index (Phi) is 4.04. The van der Waals surface area contributed by atoms with E-state index in [1.54, 1.807) is 20.3 Å². The molecule has 0 fully saturated rings. The molecule has 3 heteroatoms. The number of ether oxygens (including phenoxy) is 2. The van der Waals surface area contributed by atoms with Gasteiger partial charge in [-0.15, -0.1) is 0 Å². The maximum absolute atomic E-state index is 10.1. The molecular formula is C25H24O3. The van der Waals surface area contributed by atoms with Crippen molar-refractivity contribution in [1.82, 2.24) is 0 Å². The second-order valence-corrected chi connectivity index (χ2v) is 7.88. The van der Waals surface area contributed by atoms with E-state index in [4.69, 9.17) is 9.47 Å². The van der Waals surface area contributed by atoms with Crippen LogP contribution in [0.2, 0.25) is 0 Å². The molecular weight excluding hydrogens is 348 g/mol. The summed E-state index contributed by atoms with van der Waals surface area (Å²) in [6.45, 7) is 0. The number of phenols is 1. The number of fused-ring (bicyclic) bond motifs is 4. The van der Waals surface area contributed by atoms with Gasteiger partial charge >= 0.3 is 0 Å². The first-order chi connectivity index (χ1) is 13.7. The van der Waals surface area contributed by atoms with Crippen LogP contribution in [0.5, 0.6) is 17.2 Å². The molecule has 3 unspecified atom stereocenters. The van der Waals surface area contributed by atoms with Crippen molar-refractivity contribution < 1.29 is 14.6 Å². The van der Waals surface area contributed by atoms with Crippen LogP contribution in [0, 0.1) is 5.92 Å². The molecule has 0 radical (unpaired) electrons. The molecule has 3 aromatic rings. The predicted molar refractivity (Wildman–Crippen MR) is 110 cm³/mol. The lowest BCUT2D eigenvalue weighted by atomic mass is 9.67. The Hall–Kier alpha value is -2.94. The molecule has 0 heterocycles. The summed E-state index contributed by atoms with van der Waals surface area (Å²) >= 11 is 0. The summed E-state index contributed by atoms with van der Waals surface area (Å²) in [4.78, 5) is 0. The first-order valence-electron chi connectivity index (χ1n) is 9.80. The zero-order valence-electron chi connectivity index (χ0n) is 16.2. The lowest BCUT2D eigenvalue weighted by Crippen LogP contribution is -2.26. The largest absolute Gasteiger partial charge is 0.508 e. The van der Waals surface area contributed by atoms with Crippen molar-refractivity contribution in [3.8, 4) is 17.2 Å². The Balaban J connectivity index is 1.67. The fourth-order valence-corrected chi connectivity index (χ4v) is 5.27. The molecule has 0 spiro atoms. The van der Waals surface area contributed by atoms with Crippen LogP contribution in [0.4, 0.5) is 0 Å². The van der Waals surface area contributed by atoms with Crippen molar-refractivity contribution in [3.05, 3.63) is 88.5 Å². The molecule has 5 rings (SSSR count). The van der Waals surface area contributed by atoms with E-state index in [9.17, 15) is 5.11 Å². The molecule has 142 valence electrons. The van der Waals surface area contributed by atoms with Gasteiger partial charge in [-0.1, -0.05) is 24.3 Å². The van der Waals surface area contributed by atoms with Crippen molar-refractivity contribution in [2.75, 3.05) is 14.2 Å². The molecule has 0 saturated heterocycles. The van der Waals surface area contributed by atoms with Crippen molar-refractivity contribution in [2.24, 2.45) is 5.92 Å².